The van der Waals surface area contributed by atoms with Crippen molar-refractivity contribution in [2.24, 2.45) is 0 Å². The fourth-order valence-corrected chi connectivity index (χ4v) is 3.38. The largest absolute Gasteiger partial charge is 0.106 e. The quantitative estimate of drug-likeness (QED) is 0.219. The Hall–Kier alpha value is -1.56. The summed E-state index contributed by atoms with van der Waals surface area (Å²) in [7, 11) is 0. The van der Waals surface area contributed by atoms with Crippen LogP contribution in [0.3, 0.4) is 0 Å². The van der Waals surface area contributed by atoms with Crippen LogP contribution in [0, 0.1) is 0 Å². The number of hydrogen-bond acceptors (Lipinski definition) is 0. The smallest absolute Gasteiger partial charge is 0.00289 e. The van der Waals surface area contributed by atoms with Crippen molar-refractivity contribution < 1.29 is 0 Å². The summed E-state index contributed by atoms with van der Waals surface area (Å²) >= 11 is 0. The van der Waals surface area contributed by atoms with Gasteiger partial charge < -0.3 is 0 Å². The third-order valence-corrected chi connectivity index (χ3v) is 5.09. The topological polar surface area (TPSA) is 0 Å². The van der Waals surface area contributed by atoms with Crippen molar-refractivity contribution in [1.82, 2.24) is 0 Å². The lowest BCUT2D eigenvalue weighted by Crippen LogP contribution is -1.99. The summed E-state index contributed by atoms with van der Waals surface area (Å²) in [6, 6.07) is 9.30. The molecule has 0 heterocycles. The molecule has 0 aromatic heterocycles. The number of unbranched alkanes of at least 4 members (excludes halogenated alkanes) is 1. The fourth-order valence-electron chi connectivity index (χ4n) is 3.38. The maximum Gasteiger partial charge on any atom is -0.00289 e. The summed E-state index contributed by atoms with van der Waals surface area (Å²) in [5.74, 6) is 0.723. The zero-order valence-electron chi connectivity index (χ0n) is 26.9. The van der Waals surface area contributed by atoms with Gasteiger partial charge in [-0.1, -0.05) is 153 Å². The van der Waals surface area contributed by atoms with Crippen molar-refractivity contribution in [1.29, 1.82) is 0 Å². The summed E-state index contributed by atoms with van der Waals surface area (Å²) in [5.41, 5.74) is 7.13. The van der Waals surface area contributed by atoms with Gasteiger partial charge in [0.2, 0.25) is 0 Å². The van der Waals surface area contributed by atoms with E-state index in [1.807, 2.05) is 27.7 Å². The summed E-state index contributed by atoms with van der Waals surface area (Å²) < 4.78 is 0. The molecule has 36 heavy (non-hydrogen) atoms. The average Bonchev–Trinajstić information content (AvgIpc) is 2.90. The van der Waals surface area contributed by atoms with Gasteiger partial charge in [0.25, 0.3) is 0 Å². The standard InChI is InChI=1S/C23H36.2C3H8.2C2H6.C2H4.CH4/c1-7-11-12-21(9-3)22-15-13-20(14-16-22)17-19(6)23(10-4)18(5)8-2;2*1-3-2;3*1-2;/h13-16,21H,6-12,17H2,1-5H3;2*3H2,1-2H3;2*1-2H3;1-2H2;1H4/b23-18+;;;;;;. The Kier molecular flexibility index (Phi) is 53.7. The molecule has 0 radical (unpaired) electrons. The molecule has 1 atom stereocenters. The van der Waals surface area contributed by atoms with Crippen LogP contribution in [0.4, 0.5) is 0 Å². The first kappa shape index (κ1) is 47.6. The second kappa shape index (κ2) is 40.6. The number of benzene rings is 1. The normalized spacial score (nSPS) is 10.1. The molecule has 0 heteroatoms. The van der Waals surface area contributed by atoms with Crippen molar-refractivity contribution >= 4 is 0 Å². The van der Waals surface area contributed by atoms with Crippen LogP contribution < -0.4 is 0 Å². The second-order valence-corrected chi connectivity index (χ2v) is 8.15. The van der Waals surface area contributed by atoms with E-state index in [1.165, 1.54) is 66.4 Å². The van der Waals surface area contributed by atoms with E-state index in [9.17, 15) is 0 Å². The summed E-state index contributed by atoms with van der Waals surface area (Å²) in [4.78, 5) is 0. The fraction of sp³-hybridized carbons (Fsp3) is 0.667. The van der Waals surface area contributed by atoms with E-state index in [4.69, 9.17) is 0 Å². The molecule has 1 unspecified atom stereocenters. The number of hydrogen-bond donors (Lipinski definition) is 0. The molecule has 0 N–H and O–H groups in total. The van der Waals surface area contributed by atoms with Gasteiger partial charge in [-0.15, -0.1) is 13.2 Å². The minimum atomic E-state index is 0. The third kappa shape index (κ3) is 27.0. The predicted octanol–water partition coefficient (Wildman–Crippen LogP) is 13.9. The van der Waals surface area contributed by atoms with Crippen LogP contribution >= 0.6 is 0 Å². The van der Waals surface area contributed by atoms with Crippen molar-refractivity contribution in [3.05, 3.63) is 71.8 Å². The highest BCUT2D eigenvalue weighted by Crippen LogP contribution is 2.27. The number of rotatable bonds is 10. The molecule has 216 valence electrons. The molecular formula is C36H72. The molecule has 0 saturated carbocycles. The minimum Gasteiger partial charge on any atom is -0.106 e. The van der Waals surface area contributed by atoms with Gasteiger partial charge in [0.1, 0.15) is 0 Å². The molecular weight excluding hydrogens is 432 g/mol. The van der Waals surface area contributed by atoms with Crippen LogP contribution in [-0.2, 0) is 6.42 Å². The molecule has 0 fully saturated rings. The zero-order valence-corrected chi connectivity index (χ0v) is 26.9. The van der Waals surface area contributed by atoms with Gasteiger partial charge in [-0.05, 0) is 67.2 Å². The van der Waals surface area contributed by atoms with Crippen LogP contribution in [0.2, 0.25) is 0 Å². The van der Waals surface area contributed by atoms with Gasteiger partial charge in [0, 0.05) is 0 Å². The minimum absolute atomic E-state index is 0. The van der Waals surface area contributed by atoms with Gasteiger partial charge in [0.15, 0.2) is 0 Å². The Balaban J connectivity index is -0.000000148. The Morgan fingerprint density at radius 2 is 1.17 bits per heavy atom. The third-order valence-electron chi connectivity index (χ3n) is 5.09. The zero-order chi connectivity index (χ0) is 28.7. The van der Waals surface area contributed by atoms with Gasteiger partial charge in [-0.2, -0.15) is 0 Å². The van der Waals surface area contributed by atoms with Crippen LogP contribution in [-0.4, -0.2) is 0 Å². The molecule has 0 aliphatic heterocycles. The first-order chi connectivity index (χ1) is 16.9. The lowest BCUT2D eigenvalue weighted by atomic mass is 9.89. The van der Waals surface area contributed by atoms with Crippen molar-refractivity contribution in [2.75, 3.05) is 0 Å². The average molecular weight is 505 g/mol. The van der Waals surface area contributed by atoms with Crippen LogP contribution in [0.15, 0.2) is 60.7 Å². The molecule has 1 aromatic carbocycles. The molecule has 1 rings (SSSR count). The van der Waals surface area contributed by atoms with E-state index in [-0.39, 0.29) is 7.43 Å². The summed E-state index contributed by atoms with van der Waals surface area (Å²) in [5, 5.41) is 0. The molecule has 0 bridgehead atoms. The van der Waals surface area contributed by atoms with E-state index < -0.39 is 0 Å². The first-order valence-electron chi connectivity index (χ1n) is 14.9. The van der Waals surface area contributed by atoms with Crippen molar-refractivity contribution in [3.8, 4) is 0 Å². The van der Waals surface area contributed by atoms with Gasteiger partial charge in [-0.25, -0.2) is 0 Å². The molecule has 0 aliphatic rings. The first-order valence-corrected chi connectivity index (χ1v) is 14.9. The van der Waals surface area contributed by atoms with Crippen LogP contribution in [0.25, 0.3) is 0 Å². The van der Waals surface area contributed by atoms with E-state index in [0.717, 1.165) is 25.2 Å². The van der Waals surface area contributed by atoms with Gasteiger partial charge in [0.05, 0.1) is 0 Å². The second-order valence-electron chi connectivity index (χ2n) is 8.15. The van der Waals surface area contributed by atoms with E-state index in [2.05, 4.69) is 106 Å². The molecule has 0 amide bonds. The summed E-state index contributed by atoms with van der Waals surface area (Å²) in [6.45, 7) is 38.1. The van der Waals surface area contributed by atoms with Crippen LogP contribution in [0.5, 0.6) is 0 Å². The summed E-state index contributed by atoms with van der Waals surface area (Å²) in [6.07, 6.45) is 10.9. The van der Waals surface area contributed by atoms with Gasteiger partial charge in [-0.3, -0.25) is 0 Å². The molecule has 0 spiro atoms. The molecule has 0 aliphatic carbocycles. The highest BCUT2D eigenvalue weighted by molar-refractivity contribution is 5.37. The maximum absolute atomic E-state index is 4.35. The Bertz CT molecular complexity index is 542. The monoisotopic (exact) mass is 505 g/mol. The van der Waals surface area contributed by atoms with E-state index in [1.54, 1.807) is 0 Å². The molecule has 0 nitrogen and oxygen atoms in total. The molecule has 0 saturated heterocycles. The van der Waals surface area contributed by atoms with E-state index >= 15 is 0 Å². The van der Waals surface area contributed by atoms with Crippen LogP contribution in [0.1, 0.15) is 166 Å². The highest BCUT2D eigenvalue weighted by Gasteiger charge is 2.10. The van der Waals surface area contributed by atoms with Crippen molar-refractivity contribution in [2.45, 2.75) is 161 Å². The maximum atomic E-state index is 4.35. The lowest BCUT2D eigenvalue weighted by molar-refractivity contribution is 0.569. The highest BCUT2D eigenvalue weighted by atomic mass is 14.1. The Morgan fingerprint density at radius 1 is 0.750 bits per heavy atom. The Labute approximate surface area is 232 Å². The lowest BCUT2D eigenvalue weighted by Gasteiger charge is -2.16. The van der Waals surface area contributed by atoms with E-state index in [0.29, 0.717) is 0 Å². The predicted molar refractivity (Wildman–Crippen MR) is 178 cm³/mol. The van der Waals surface area contributed by atoms with Crippen molar-refractivity contribution in [3.63, 3.8) is 0 Å². The molecule has 1 aromatic rings. The SMILES string of the molecule is C.C=C.C=C(Cc1ccc(C(CC)CCCC)cc1)/C(CC)=C(\C)CC.CC.CC.CCC.CCC. The van der Waals surface area contributed by atoms with Gasteiger partial charge >= 0.3 is 0 Å². The Morgan fingerprint density at radius 3 is 1.47 bits per heavy atom. The number of allylic oxidation sites excluding steroid dienone is 3.